The van der Waals surface area contributed by atoms with Gasteiger partial charge in [-0.2, -0.15) is 0 Å². The molecule has 4 heteroatoms. The van der Waals surface area contributed by atoms with Gasteiger partial charge < -0.3 is 10.3 Å². The summed E-state index contributed by atoms with van der Waals surface area (Å²) in [4.78, 5) is 12.0. The Balaban J connectivity index is 2.36. The third-order valence-electron chi connectivity index (χ3n) is 2.19. The van der Waals surface area contributed by atoms with Crippen LogP contribution in [0.15, 0.2) is 24.4 Å². The maximum Gasteiger partial charge on any atom is 0.121 e. The fraction of sp³-hybridized carbons (Fsp3) is 0.273. The molecular formula is C11H14N4. The quantitative estimate of drug-likeness (QED) is 0.793. The highest BCUT2D eigenvalue weighted by Crippen LogP contribution is 2.17. The first-order valence-electron chi connectivity index (χ1n) is 4.92. The van der Waals surface area contributed by atoms with E-state index in [-0.39, 0.29) is 0 Å². The monoisotopic (exact) mass is 202 g/mol. The van der Waals surface area contributed by atoms with Gasteiger partial charge in [0.1, 0.15) is 11.5 Å². The summed E-state index contributed by atoms with van der Waals surface area (Å²) in [5, 5.41) is 3.06. The van der Waals surface area contributed by atoms with Crippen LogP contribution in [0.5, 0.6) is 0 Å². The highest BCUT2D eigenvalue weighted by Gasteiger charge is 2.08. The molecule has 0 unspecified atom stereocenters. The van der Waals surface area contributed by atoms with Crippen molar-refractivity contribution in [1.29, 1.82) is 0 Å². The van der Waals surface area contributed by atoms with Crippen molar-refractivity contribution in [3.05, 3.63) is 35.9 Å². The number of rotatable bonds is 3. The minimum atomic E-state index is 0.744. The van der Waals surface area contributed by atoms with Crippen LogP contribution in [-0.2, 0) is 6.54 Å². The molecule has 2 aromatic heterocycles. The van der Waals surface area contributed by atoms with E-state index >= 15 is 0 Å². The average molecular weight is 202 g/mol. The lowest BCUT2D eigenvalue weighted by atomic mass is 10.2. The Kier molecular flexibility index (Phi) is 2.78. The fourth-order valence-corrected chi connectivity index (χ4v) is 1.53. The summed E-state index contributed by atoms with van der Waals surface area (Å²) in [6.45, 7) is 2.75. The molecule has 0 aliphatic carbocycles. The zero-order valence-electron chi connectivity index (χ0n) is 8.91. The van der Waals surface area contributed by atoms with Crippen molar-refractivity contribution in [2.45, 2.75) is 13.5 Å². The molecule has 15 heavy (non-hydrogen) atoms. The second-order valence-electron chi connectivity index (χ2n) is 3.40. The molecule has 0 spiro atoms. The molecule has 0 atom stereocenters. The van der Waals surface area contributed by atoms with Gasteiger partial charge in [0.25, 0.3) is 0 Å². The maximum atomic E-state index is 4.49. The average Bonchev–Trinajstić information content (AvgIpc) is 2.61. The molecular weight excluding hydrogens is 188 g/mol. The van der Waals surface area contributed by atoms with Gasteiger partial charge in [-0.05, 0) is 26.1 Å². The zero-order valence-corrected chi connectivity index (χ0v) is 8.91. The summed E-state index contributed by atoms with van der Waals surface area (Å²) in [5.74, 6) is 0.940. The molecule has 4 nitrogen and oxygen atoms in total. The summed E-state index contributed by atoms with van der Waals surface area (Å²) in [6, 6.07) is 5.83. The third-order valence-corrected chi connectivity index (χ3v) is 2.19. The van der Waals surface area contributed by atoms with Crippen LogP contribution in [0.1, 0.15) is 11.5 Å². The third kappa shape index (κ3) is 2.05. The van der Waals surface area contributed by atoms with Crippen molar-refractivity contribution in [2.24, 2.45) is 0 Å². The topological polar surface area (TPSA) is 53.6 Å². The molecule has 2 heterocycles. The van der Waals surface area contributed by atoms with Gasteiger partial charge >= 0.3 is 0 Å². The zero-order chi connectivity index (χ0) is 10.7. The van der Waals surface area contributed by atoms with Crippen LogP contribution >= 0.6 is 0 Å². The largest absolute Gasteiger partial charge is 0.344 e. The Hall–Kier alpha value is -1.68. The fourth-order valence-electron chi connectivity index (χ4n) is 1.53. The number of imidazole rings is 1. The van der Waals surface area contributed by atoms with Gasteiger partial charge in [-0.1, -0.05) is 6.07 Å². The molecule has 0 amide bonds. The molecule has 0 bridgehead atoms. The molecule has 2 aromatic rings. The molecule has 0 aromatic carbocycles. The van der Waals surface area contributed by atoms with E-state index in [9.17, 15) is 0 Å². The standard InChI is InChI=1S/C11H14N4/c1-8-11(9-5-3-4-6-13-9)15-10(14-8)7-12-2/h3-6,12H,7H2,1-2H3,(H,14,15). The van der Waals surface area contributed by atoms with E-state index in [0.29, 0.717) is 0 Å². The van der Waals surface area contributed by atoms with Crippen molar-refractivity contribution in [3.8, 4) is 11.4 Å². The first-order chi connectivity index (χ1) is 7.31. The first kappa shape index (κ1) is 9.86. The highest BCUT2D eigenvalue weighted by atomic mass is 15.0. The minimum Gasteiger partial charge on any atom is -0.344 e. The first-order valence-corrected chi connectivity index (χ1v) is 4.92. The molecule has 0 aliphatic heterocycles. The minimum absolute atomic E-state index is 0.744. The van der Waals surface area contributed by atoms with Crippen molar-refractivity contribution < 1.29 is 0 Å². The lowest BCUT2D eigenvalue weighted by molar-refractivity contribution is 0.770. The lowest BCUT2D eigenvalue weighted by Gasteiger charge is -1.95. The number of hydrogen-bond donors (Lipinski definition) is 2. The number of H-pyrrole nitrogens is 1. The number of aromatic nitrogens is 3. The number of aryl methyl sites for hydroxylation is 1. The molecule has 0 radical (unpaired) electrons. The second-order valence-corrected chi connectivity index (χ2v) is 3.40. The van der Waals surface area contributed by atoms with Crippen LogP contribution in [0.3, 0.4) is 0 Å². The Bertz CT molecular complexity index is 433. The predicted molar refractivity (Wildman–Crippen MR) is 59.3 cm³/mol. The van der Waals surface area contributed by atoms with Crippen LogP contribution in [0.2, 0.25) is 0 Å². The summed E-state index contributed by atoms with van der Waals surface area (Å²) in [7, 11) is 1.90. The number of pyridine rings is 1. The van der Waals surface area contributed by atoms with Crippen molar-refractivity contribution in [1.82, 2.24) is 20.3 Å². The summed E-state index contributed by atoms with van der Waals surface area (Å²) in [6.07, 6.45) is 1.78. The maximum absolute atomic E-state index is 4.49. The normalized spacial score (nSPS) is 10.5. The molecule has 0 fully saturated rings. The van der Waals surface area contributed by atoms with Crippen LogP contribution in [0.25, 0.3) is 11.4 Å². The lowest BCUT2D eigenvalue weighted by Crippen LogP contribution is -2.06. The van der Waals surface area contributed by atoms with Gasteiger partial charge in [0, 0.05) is 11.9 Å². The second kappa shape index (κ2) is 4.23. The summed E-state index contributed by atoms with van der Waals surface area (Å²) >= 11 is 0. The summed E-state index contributed by atoms with van der Waals surface area (Å²) < 4.78 is 0. The van der Waals surface area contributed by atoms with Crippen LogP contribution in [0.4, 0.5) is 0 Å². The van der Waals surface area contributed by atoms with Crippen molar-refractivity contribution in [3.63, 3.8) is 0 Å². The number of hydrogen-bond acceptors (Lipinski definition) is 3. The van der Waals surface area contributed by atoms with Gasteiger partial charge in [-0.3, -0.25) is 4.98 Å². The van der Waals surface area contributed by atoms with E-state index in [2.05, 4.69) is 20.3 Å². The van der Waals surface area contributed by atoms with Crippen molar-refractivity contribution in [2.75, 3.05) is 7.05 Å². The van der Waals surface area contributed by atoms with Gasteiger partial charge in [0.15, 0.2) is 0 Å². The van der Waals surface area contributed by atoms with Crippen molar-refractivity contribution >= 4 is 0 Å². The van der Waals surface area contributed by atoms with Gasteiger partial charge in [0.2, 0.25) is 0 Å². The van der Waals surface area contributed by atoms with Crippen LogP contribution in [0, 0.1) is 6.92 Å². The number of aromatic amines is 1. The Morgan fingerprint density at radius 3 is 2.93 bits per heavy atom. The molecule has 0 saturated heterocycles. The number of nitrogens with zero attached hydrogens (tertiary/aromatic N) is 2. The van der Waals surface area contributed by atoms with E-state index in [0.717, 1.165) is 29.5 Å². The number of nitrogens with one attached hydrogen (secondary N) is 2. The SMILES string of the molecule is CNCc1nc(-c2ccccn2)c(C)[nH]1. The molecule has 2 rings (SSSR count). The molecule has 78 valence electrons. The molecule has 0 aliphatic rings. The highest BCUT2D eigenvalue weighted by molar-refractivity contribution is 5.56. The molecule has 0 saturated carbocycles. The van der Waals surface area contributed by atoms with Gasteiger partial charge in [-0.25, -0.2) is 4.98 Å². The summed E-state index contributed by atoms with van der Waals surface area (Å²) in [5.41, 5.74) is 2.90. The van der Waals surface area contributed by atoms with Crippen LogP contribution in [-0.4, -0.2) is 22.0 Å². The van der Waals surface area contributed by atoms with Crippen LogP contribution < -0.4 is 5.32 Å². The van der Waals surface area contributed by atoms with E-state index < -0.39 is 0 Å². The van der Waals surface area contributed by atoms with Gasteiger partial charge in [-0.15, -0.1) is 0 Å². The van der Waals surface area contributed by atoms with E-state index in [1.54, 1.807) is 6.20 Å². The predicted octanol–water partition coefficient (Wildman–Crippen LogP) is 1.50. The van der Waals surface area contributed by atoms with E-state index in [4.69, 9.17) is 0 Å². The van der Waals surface area contributed by atoms with E-state index in [1.807, 2.05) is 32.2 Å². The molecule has 2 N–H and O–H groups in total. The smallest absolute Gasteiger partial charge is 0.121 e. The van der Waals surface area contributed by atoms with E-state index in [1.165, 1.54) is 0 Å². The Morgan fingerprint density at radius 2 is 2.27 bits per heavy atom. The Morgan fingerprint density at radius 1 is 1.40 bits per heavy atom. The Labute approximate surface area is 88.8 Å². The van der Waals surface area contributed by atoms with Gasteiger partial charge in [0.05, 0.1) is 12.2 Å².